The van der Waals surface area contributed by atoms with Crippen molar-refractivity contribution >= 4 is 28.5 Å². The maximum atomic E-state index is 12.4. The number of alkyl halides is 1. The first-order valence-electron chi connectivity index (χ1n) is 8.76. The molecule has 0 fully saturated rings. The van der Waals surface area contributed by atoms with E-state index in [0.717, 1.165) is 10.9 Å². The van der Waals surface area contributed by atoms with Crippen molar-refractivity contribution < 1.29 is 18.7 Å². The monoisotopic (exact) mass is 390 g/mol. The number of fused-ring (bicyclic) bond motifs is 2. The van der Waals surface area contributed by atoms with Crippen LogP contribution in [-0.4, -0.2) is 23.6 Å². The van der Waals surface area contributed by atoms with Crippen molar-refractivity contribution in [2.75, 3.05) is 5.88 Å². The lowest BCUT2D eigenvalue weighted by Crippen LogP contribution is -2.44. The zero-order chi connectivity index (χ0) is 20.0. The summed E-state index contributed by atoms with van der Waals surface area (Å²) in [4.78, 5) is 24.0. The van der Waals surface area contributed by atoms with Gasteiger partial charge < -0.3 is 13.9 Å². The van der Waals surface area contributed by atoms with E-state index in [0.29, 0.717) is 23.3 Å². The van der Waals surface area contributed by atoms with E-state index in [-0.39, 0.29) is 12.0 Å². The Kier molecular flexibility index (Phi) is 4.85. The molecule has 1 aromatic carbocycles. The third-order valence-electron chi connectivity index (χ3n) is 5.06. The number of carbonyl (C=O) groups excluding carboxylic acids is 1. The van der Waals surface area contributed by atoms with E-state index in [1.807, 2.05) is 26.0 Å². The summed E-state index contributed by atoms with van der Waals surface area (Å²) in [7, 11) is 0. The Morgan fingerprint density at radius 2 is 2.04 bits per heavy atom. The van der Waals surface area contributed by atoms with Gasteiger partial charge in [-0.15, -0.1) is 18.2 Å². The molecule has 0 N–H and O–H groups in total. The molecular weight excluding hydrogens is 368 g/mol. The highest BCUT2D eigenvalue weighted by molar-refractivity contribution is 6.26. The fourth-order valence-corrected chi connectivity index (χ4v) is 3.25. The molecule has 2 aromatic rings. The average molecular weight is 391 g/mol. The summed E-state index contributed by atoms with van der Waals surface area (Å²) in [5.41, 5.74) is 0.255. The van der Waals surface area contributed by atoms with E-state index in [4.69, 9.17) is 25.5 Å². The van der Waals surface area contributed by atoms with Gasteiger partial charge in [-0.05, 0) is 31.5 Å². The Balaban J connectivity index is 1.98. The predicted octanol–water partition coefficient (Wildman–Crippen LogP) is 4.12. The number of rotatable bonds is 5. The summed E-state index contributed by atoms with van der Waals surface area (Å²) in [6.07, 6.45) is 1.95. The molecule has 6 heteroatoms. The second kappa shape index (κ2) is 6.71. The SMILES string of the molecule is C=CC(C)(C)c1cc2cc3c(cc2oc1=O)O[C@@H](C(C)(C)OC(=O)CCl)C3. The predicted molar refractivity (Wildman–Crippen MR) is 105 cm³/mol. The summed E-state index contributed by atoms with van der Waals surface area (Å²) < 4.78 is 16.9. The minimum absolute atomic E-state index is 0.208. The van der Waals surface area contributed by atoms with E-state index < -0.39 is 22.6 Å². The summed E-state index contributed by atoms with van der Waals surface area (Å²) in [5, 5.41) is 0.818. The largest absolute Gasteiger partial charge is 0.485 e. The van der Waals surface area contributed by atoms with Crippen LogP contribution in [0.25, 0.3) is 11.0 Å². The van der Waals surface area contributed by atoms with Crippen LogP contribution in [0.4, 0.5) is 0 Å². The summed E-state index contributed by atoms with van der Waals surface area (Å²) >= 11 is 5.54. The molecule has 144 valence electrons. The van der Waals surface area contributed by atoms with Gasteiger partial charge >= 0.3 is 11.6 Å². The average Bonchev–Trinajstić information content (AvgIpc) is 3.02. The minimum Gasteiger partial charge on any atom is -0.485 e. The first-order chi connectivity index (χ1) is 12.6. The lowest BCUT2D eigenvalue weighted by atomic mass is 9.85. The number of halogens is 1. The molecule has 1 aromatic heterocycles. The topological polar surface area (TPSA) is 65.7 Å². The number of hydrogen-bond donors (Lipinski definition) is 0. The molecular formula is C21H23ClO5. The van der Waals surface area contributed by atoms with Crippen LogP contribution < -0.4 is 10.4 Å². The van der Waals surface area contributed by atoms with Gasteiger partial charge in [0.1, 0.15) is 28.9 Å². The highest BCUT2D eigenvalue weighted by Crippen LogP contribution is 2.38. The van der Waals surface area contributed by atoms with Crippen LogP contribution in [0.3, 0.4) is 0 Å². The van der Waals surface area contributed by atoms with Crippen molar-refractivity contribution in [3.63, 3.8) is 0 Å². The molecule has 0 spiro atoms. The van der Waals surface area contributed by atoms with Crippen molar-refractivity contribution in [2.24, 2.45) is 0 Å². The van der Waals surface area contributed by atoms with E-state index in [9.17, 15) is 9.59 Å². The lowest BCUT2D eigenvalue weighted by Gasteiger charge is -2.30. The third-order valence-corrected chi connectivity index (χ3v) is 5.27. The fourth-order valence-electron chi connectivity index (χ4n) is 3.19. The first kappa shape index (κ1) is 19.5. The van der Waals surface area contributed by atoms with Gasteiger partial charge in [-0.2, -0.15) is 0 Å². The standard InChI is InChI=1S/C21H23ClO5/c1-6-20(2,3)14-8-12-7-13-9-17(21(4,5)27-18(23)11-22)25-15(13)10-16(12)26-19(14)24/h6-8,10,17H,1,9,11H2,2-5H3/t17-/m1/s1. The number of carbonyl (C=O) groups is 1. The molecule has 0 bridgehead atoms. The molecule has 0 unspecified atom stereocenters. The van der Waals surface area contributed by atoms with Crippen LogP contribution >= 0.6 is 11.6 Å². The Morgan fingerprint density at radius 1 is 1.33 bits per heavy atom. The zero-order valence-corrected chi connectivity index (χ0v) is 16.7. The smallest absolute Gasteiger partial charge is 0.340 e. The van der Waals surface area contributed by atoms with Gasteiger partial charge in [0.15, 0.2) is 0 Å². The maximum Gasteiger partial charge on any atom is 0.340 e. The fraction of sp³-hybridized carbons (Fsp3) is 0.429. The minimum atomic E-state index is -0.839. The van der Waals surface area contributed by atoms with Crippen molar-refractivity contribution in [3.05, 3.63) is 52.4 Å². The number of esters is 1. The Bertz CT molecular complexity index is 970. The van der Waals surface area contributed by atoms with Crippen LogP contribution in [0.5, 0.6) is 5.75 Å². The number of allylic oxidation sites excluding steroid dienone is 1. The van der Waals surface area contributed by atoms with Crippen LogP contribution in [0.15, 0.2) is 40.1 Å². The number of ether oxygens (including phenoxy) is 2. The molecule has 1 aliphatic rings. The number of benzene rings is 1. The zero-order valence-electron chi connectivity index (χ0n) is 15.9. The second-order valence-corrected chi connectivity index (χ2v) is 8.16. The molecule has 1 atom stereocenters. The van der Waals surface area contributed by atoms with E-state index in [1.54, 1.807) is 26.0 Å². The summed E-state index contributed by atoms with van der Waals surface area (Å²) in [6, 6.07) is 5.51. The van der Waals surface area contributed by atoms with E-state index in [1.165, 1.54) is 0 Å². The van der Waals surface area contributed by atoms with Crippen molar-refractivity contribution in [2.45, 2.75) is 51.2 Å². The third kappa shape index (κ3) is 3.61. The molecule has 0 saturated heterocycles. The summed E-state index contributed by atoms with van der Waals surface area (Å²) in [5.74, 6) is -0.0740. The highest BCUT2D eigenvalue weighted by atomic mass is 35.5. The first-order valence-corrected chi connectivity index (χ1v) is 9.30. The molecule has 0 amide bonds. The van der Waals surface area contributed by atoms with Gasteiger partial charge in [0.25, 0.3) is 0 Å². The molecule has 27 heavy (non-hydrogen) atoms. The summed E-state index contributed by atoms with van der Waals surface area (Å²) in [6.45, 7) is 11.2. The van der Waals surface area contributed by atoms with Crippen LogP contribution in [-0.2, 0) is 21.4 Å². The van der Waals surface area contributed by atoms with Crippen LogP contribution in [0, 0.1) is 0 Å². The van der Waals surface area contributed by atoms with Crippen molar-refractivity contribution in [1.29, 1.82) is 0 Å². The lowest BCUT2D eigenvalue weighted by molar-refractivity contribution is -0.161. The van der Waals surface area contributed by atoms with Gasteiger partial charge in [-0.3, -0.25) is 4.79 Å². The quantitative estimate of drug-likeness (QED) is 0.332. The van der Waals surface area contributed by atoms with Crippen LogP contribution in [0.1, 0.15) is 38.8 Å². The molecule has 0 saturated carbocycles. The van der Waals surface area contributed by atoms with Gasteiger partial charge in [0.05, 0.1) is 0 Å². The molecule has 5 nitrogen and oxygen atoms in total. The maximum absolute atomic E-state index is 12.4. The molecule has 0 aliphatic carbocycles. The molecule has 1 aliphatic heterocycles. The Hall–Kier alpha value is -2.27. The Labute approximate surface area is 162 Å². The molecule has 3 rings (SSSR count). The Morgan fingerprint density at radius 3 is 2.67 bits per heavy atom. The number of hydrogen-bond acceptors (Lipinski definition) is 5. The van der Waals surface area contributed by atoms with E-state index in [2.05, 4.69) is 6.58 Å². The molecule has 2 heterocycles. The molecule has 0 radical (unpaired) electrons. The van der Waals surface area contributed by atoms with Gasteiger partial charge in [0, 0.05) is 28.9 Å². The van der Waals surface area contributed by atoms with Gasteiger partial charge in [0.2, 0.25) is 0 Å². The van der Waals surface area contributed by atoms with Gasteiger partial charge in [-0.1, -0.05) is 19.9 Å². The van der Waals surface area contributed by atoms with Crippen LogP contribution in [0.2, 0.25) is 0 Å². The second-order valence-electron chi connectivity index (χ2n) is 7.89. The van der Waals surface area contributed by atoms with E-state index >= 15 is 0 Å². The van der Waals surface area contributed by atoms with Crippen molar-refractivity contribution in [1.82, 2.24) is 0 Å². The van der Waals surface area contributed by atoms with Crippen molar-refractivity contribution in [3.8, 4) is 5.75 Å². The normalized spacial score (nSPS) is 16.7. The van der Waals surface area contributed by atoms with Gasteiger partial charge in [-0.25, -0.2) is 4.79 Å². The highest BCUT2D eigenvalue weighted by Gasteiger charge is 2.40.